The molecule has 0 unspecified atom stereocenters. The van der Waals surface area contributed by atoms with Crippen LogP contribution in [-0.4, -0.2) is 43.9 Å². The van der Waals surface area contributed by atoms with Gasteiger partial charge in [0.05, 0.1) is 11.2 Å². The molecule has 1 aliphatic heterocycles. The average molecular weight is 509 g/mol. The number of carbonyl (C=O) groups excluding carboxylic acids is 2. The Morgan fingerprint density at radius 3 is 1.97 bits per heavy atom. The summed E-state index contributed by atoms with van der Waals surface area (Å²) in [5.41, 5.74) is 5.52. The molecule has 6 nitrogen and oxygen atoms in total. The first-order valence-electron chi connectivity index (χ1n) is 12.9. The van der Waals surface area contributed by atoms with Crippen LogP contribution in [0.1, 0.15) is 60.7 Å². The zero-order chi connectivity index (χ0) is 26.9. The van der Waals surface area contributed by atoms with Gasteiger partial charge in [0.15, 0.2) is 6.29 Å². The summed E-state index contributed by atoms with van der Waals surface area (Å²) in [7, 11) is -0.686. The second-order valence-corrected chi connectivity index (χ2v) is 10.7. The number of hydrogen-bond donors (Lipinski definition) is 1. The van der Waals surface area contributed by atoms with Gasteiger partial charge in [0.2, 0.25) is 0 Å². The normalized spacial score (nSPS) is 17.6. The van der Waals surface area contributed by atoms with E-state index in [2.05, 4.69) is 29.6 Å². The van der Waals surface area contributed by atoms with Crippen molar-refractivity contribution in [2.75, 3.05) is 13.2 Å². The Balaban J connectivity index is 1.31. The molecular formula is C31H32BNO5. The number of nitrogens with one attached hydrogen (secondary N) is 1. The molecule has 3 aromatic rings. The van der Waals surface area contributed by atoms with Crippen molar-refractivity contribution in [1.82, 2.24) is 5.32 Å². The van der Waals surface area contributed by atoms with Gasteiger partial charge < -0.3 is 19.4 Å². The van der Waals surface area contributed by atoms with Crippen molar-refractivity contribution in [2.45, 2.75) is 44.8 Å². The van der Waals surface area contributed by atoms with E-state index in [1.807, 2.05) is 76.2 Å². The van der Waals surface area contributed by atoms with Gasteiger partial charge in [-0.05, 0) is 61.0 Å². The number of benzene rings is 3. The number of ether oxygens (including phenoxy) is 1. The SMILES string of the molecule is CC1(C)OB(C(=Cc2ccccc2C=O)CNC(=O)OCC2c3ccccc3-c3ccccc32)OC1(C)C. The second kappa shape index (κ2) is 10.2. The van der Waals surface area contributed by atoms with Crippen molar-refractivity contribution in [3.63, 3.8) is 0 Å². The lowest BCUT2D eigenvalue weighted by molar-refractivity contribution is 0.00578. The van der Waals surface area contributed by atoms with Crippen LogP contribution in [0.15, 0.2) is 78.3 Å². The Labute approximate surface area is 224 Å². The molecule has 7 heteroatoms. The van der Waals surface area contributed by atoms with Crippen molar-refractivity contribution >= 4 is 25.6 Å². The number of rotatable bonds is 7. The topological polar surface area (TPSA) is 73.9 Å². The molecule has 5 rings (SSSR count). The molecule has 0 spiro atoms. The lowest BCUT2D eigenvalue weighted by Gasteiger charge is -2.32. The van der Waals surface area contributed by atoms with Gasteiger partial charge in [-0.25, -0.2) is 4.79 Å². The molecule has 1 heterocycles. The van der Waals surface area contributed by atoms with Crippen molar-refractivity contribution in [1.29, 1.82) is 0 Å². The number of alkyl carbamates (subject to hydrolysis) is 1. The van der Waals surface area contributed by atoms with Gasteiger partial charge in [-0.3, -0.25) is 4.79 Å². The number of amides is 1. The quantitative estimate of drug-likeness (QED) is 0.310. The van der Waals surface area contributed by atoms with E-state index in [0.29, 0.717) is 11.0 Å². The summed E-state index contributed by atoms with van der Waals surface area (Å²) in [6, 6.07) is 23.7. The minimum absolute atomic E-state index is 0.0225. The summed E-state index contributed by atoms with van der Waals surface area (Å²) in [6.07, 6.45) is 2.13. The van der Waals surface area contributed by atoms with Gasteiger partial charge in [-0.2, -0.15) is 0 Å². The van der Waals surface area contributed by atoms with E-state index in [1.165, 1.54) is 11.1 Å². The number of hydrogen-bond acceptors (Lipinski definition) is 5. The summed E-state index contributed by atoms with van der Waals surface area (Å²) in [4.78, 5) is 24.5. The van der Waals surface area contributed by atoms with Crippen LogP contribution in [-0.2, 0) is 14.0 Å². The molecule has 1 fully saturated rings. The lowest BCUT2D eigenvalue weighted by Crippen LogP contribution is -2.41. The third-order valence-electron chi connectivity index (χ3n) is 7.80. The molecule has 0 atom stereocenters. The minimum Gasteiger partial charge on any atom is -0.449 e. The van der Waals surface area contributed by atoms with Crippen LogP contribution in [0.3, 0.4) is 0 Å². The molecule has 0 aromatic heterocycles. The molecule has 194 valence electrons. The highest BCUT2D eigenvalue weighted by atomic mass is 16.7. The predicted molar refractivity (Wildman–Crippen MR) is 149 cm³/mol. The van der Waals surface area contributed by atoms with Crippen LogP contribution in [0.2, 0.25) is 0 Å². The van der Waals surface area contributed by atoms with Gasteiger partial charge in [-0.1, -0.05) is 78.9 Å². The Bertz CT molecular complexity index is 1330. The molecule has 0 saturated carbocycles. The molecule has 0 bridgehead atoms. The van der Waals surface area contributed by atoms with E-state index in [1.54, 1.807) is 6.07 Å². The van der Waals surface area contributed by atoms with E-state index in [4.69, 9.17) is 14.0 Å². The molecule has 3 aromatic carbocycles. The van der Waals surface area contributed by atoms with Gasteiger partial charge >= 0.3 is 13.2 Å². The maximum absolute atomic E-state index is 12.9. The maximum Gasteiger partial charge on any atom is 0.492 e. The van der Waals surface area contributed by atoms with Crippen LogP contribution in [0, 0.1) is 0 Å². The zero-order valence-electron chi connectivity index (χ0n) is 22.2. The maximum atomic E-state index is 12.9. The van der Waals surface area contributed by atoms with Crippen LogP contribution < -0.4 is 5.32 Å². The van der Waals surface area contributed by atoms with Crippen molar-refractivity contribution in [3.8, 4) is 11.1 Å². The fourth-order valence-electron chi connectivity index (χ4n) is 4.97. The summed E-state index contributed by atoms with van der Waals surface area (Å²) >= 11 is 0. The van der Waals surface area contributed by atoms with Crippen LogP contribution >= 0.6 is 0 Å². The molecule has 2 aliphatic rings. The summed E-state index contributed by atoms with van der Waals surface area (Å²) in [5.74, 6) is -0.0225. The van der Waals surface area contributed by atoms with Gasteiger partial charge in [-0.15, -0.1) is 0 Å². The monoisotopic (exact) mass is 509 g/mol. The fourth-order valence-corrected chi connectivity index (χ4v) is 4.97. The van der Waals surface area contributed by atoms with Crippen LogP contribution in [0.5, 0.6) is 0 Å². The zero-order valence-corrected chi connectivity index (χ0v) is 22.2. The lowest BCUT2D eigenvalue weighted by atomic mass is 9.76. The summed E-state index contributed by atoms with van der Waals surface area (Å²) < 4.78 is 18.2. The number of fused-ring (bicyclic) bond motifs is 3. The largest absolute Gasteiger partial charge is 0.492 e. The van der Waals surface area contributed by atoms with E-state index < -0.39 is 24.4 Å². The highest BCUT2D eigenvalue weighted by molar-refractivity contribution is 6.56. The highest BCUT2D eigenvalue weighted by Crippen LogP contribution is 2.44. The highest BCUT2D eigenvalue weighted by Gasteiger charge is 2.52. The third kappa shape index (κ3) is 4.92. The molecule has 1 amide bonds. The fraction of sp³-hybridized carbons (Fsp3) is 0.290. The second-order valence-electron chi connectivity index (χ2n) is 10.7. The first-order chi connectivity index (χ1) is 18.2. The van der Waals surface area contributed by atoms with E-state index in [9.17, 15) is 9.59 Å². The molecule has 1 aliphatic carbocycles. The minimum atomic E-state index is -0.686. The standard InChI is InChI=1S/C31H32BNO5/c1-30(2)31(3,4)38-32(37-30)23(17-21-11-5-6-12-22(21)19-34)18-33-29(35)36-20-28-26-15-9-7-13-24(26)25-14-8-10-16-27(25)28/h5-17,19,28H,18,20H2,1-4H3,(H,33,35). The molecule has 1 N–H and O–H groups in total. The number of carbonyl (C=O) groups is 2. The van der Waals surface area contributed by atoms with E-state index >= 15 is 0 Å². The first-order valence-corrected chi connectivity index (χ1v) is 12.9. The molecule has 38 heavy (non-hydrogen) atoms. The van der Waals surface area contributed by atoms with Crippen molar-refractivity contribution in [2.24, 2.45) is 0 Å². The molecule has 0 radical (unpaired) electrons. The van der Waals surface area contributed by atoms with Crippen molar-refractivity contribution < 1.29 is 23.6 Å². The van der Waals surface area contributed by atoms with Crippen LogP contribution in [0.4, 0.5) is 4.79 Å². The Hall–Kier alpha value is -3.68. The average Bonchev–Trinajstić information content (AvgIpc) is 3.34. The van der Waals surface area contributed by atoms with Gasteiger partial charge in [0.1, 0.15) is 6.61 Å². The Morgan fingerprint density at radius 1 is 0.868 bits per heavy atom. The van der Waals surface area contributed by atoms with E-state index in [-0.39, 0.29) is 19.1 Å². The van der Waals surface area contributed by atoms with Crippen molar-refractivity contribution in [3.05, 3.63) is 101 Å². The predicted octanol–water partition coefficient (Wildman–Crippen LogP) is 6.05. The van der Waals surface area contributed by atoms with Gasteiger partial charge in [0, 0.05) is 18.0 Å². The summed E-state index contributed by atoms with van der Waals surface area (Å²) in [6.45, 7) is 8.27. The summed E-state index contributed by atoms with van der Waals surface area (Å²) in [5, 5.41) is 2.87. The van der Waals surface area contributed by atoms with Gasteiger partial charge in [0.25, 0.3) is 0 Å². The first kappa shape index (κ1) is 26.0. The third-order valence-corrected chi connectivity index (χ3v) is 7.80. The smallest absolute Gasteiger partial charge is 0.449 e. The van der Waals surface area contributed by atoms with E-state index in [0.717, 1.165) is 23.0 Å². The van der Waals surface area contributed by atoms with Crippen LogP contribution in [0.25, 0.3) is 17.2 Å². The molecule has 1 saturated heterocycles. The number of aldehydes is 1. The molecular weight excluding hydrogens is 477 g/mol. The Morgan fingerprint density at radius 2 is 1.39 bits per heavy atom. The Kier molecular flexibility index (Phi) is 6.99.